The summed E-state index contributed by atoms with van der Waals surface area (Å²) in [5.41, 5.74) is 0. The van der Waals surface area contributed by atoms with Gasteiger partial charge >= 0.3 is 0 Å². The normalized spacial score (nSPS) is 3.50. The van der Waals surface area contributed by atoms with Gasteiger partial charge < -0.3 is 0 Å². The van der Waals surface area contributed by atoms with Crippen LogP contribution in [0.25, 0.3) is 0 Å². The first-order valence-electron chi connectivity index (χ1n) is 1.15. The molecule has 1 nitrogen and oxygen atoms in total. The van der Waals surface area contributed by atoms with Crippen LogP contribution in [-0.2, 0) is 0 Å². The maximum Gasteiger partial charge on any atom is 0.191 e. The summed E-state index contributed by atoms with van der Waals surface area (Å²) in [7, 11) is 0. The molecule has 0 rings (SSSR count). The van der Waals surface area contributed by atoms with Gasteiger partial charge in [-0.1, -0.05) is 0 Å². The lowest BCUT2D eigenvalue weighted by Crippen LogP contribution is -1.53. The highest BCUT2D eigenvalue weighted by Crippen LogP contribution is 1.36. The maximum atomic E-state index is 2.21. The van der Waals surface area contributed by atoms with Crippen LogP contribution < -0.4 is 6.15 Å². The van der Waals surface area contributed by atoms with E-state index in [0.717, 1.165) is 15.2 Å². The topological polar surface area (TPSA) is 30.5 Å². The molecule has 0 aliphatic carbocycles. The number of hydrogen-bond donors (Lipinski definition) is 0. The fourth-order valence-electron chi connectivity index (χ4n) is 0. The summed E-state index contributed by atoms with van der Waals surface area (Å²) in [6.45, 7) is 0. The average molecular weight is 71.1 g/mol. The molecule has 0 atom stereocenters. The monoisotopic (exact) mass is 71.0 g/mol. The van der Waals surface area contributed by atoms with Crippen molar-refractivity contribution in [2.45, 2.75) is 11.6 Å². The van der Waals surface area contributed by atoms with Crippen molar-refractivity contribution in [3.05, 3.63) is 0 Å². The lowest BCUT2D eigenvalue weighted by atomic mass is 11.9. The van der Waals surface area contributed by atoms with Gasteiger partial charge in [0.25, 0.3) is 0 Å². The minimum Gasteiger partial charge on any atom is -0.115 e. The van der Waals surface area contributed by atoms with Gasteiger partial charge in [0.2, 0.25) is 0 Å². The molecule has 4 heavy (non-hydrogen) atoms. The fourth-order valence-corrected chi connectivity index (χ4v) is 0. The van der Waals surface area contributed by atoms with E-state index >= 15 is 0 Å². The van der Waals surface area contributed by atoms with Crippen LogP contribution in [0.2, 0.25) is 11.6 Å². The van der Waals surface area contributed by atoms with Gasteiger partial charge in [-0.15, -0.1) is 11.6 Å². The van der Waals surface area contributed by atoms with Crippen molar-refractivity contribution in [1.82, 2.24) is 6.15 Å². The minimum absolute atomic E-state index is 0. The van der Waals surface area contributed by atoms with Crippen LogP contribution in [0.1, 0.15) is 0 Å². The molecule has 0 amide bonds. The first kappa shape index (κ1) is 8.82. The molecule has 0 bridgehead atoms. The van der Waals surface area contributed by atoms with E-state index in [2.05, 4.69) is 11.6 Å². The summed E-state index contributed by atoms with van der Waals surface area (Å²) in [5, 5.41) is 0. The second kappa shape index (κ2) is 9.74. The fraction of sp³-hybridized carbons (Fsp3) is 1.00. The van der Waals surface area contributed by atoms with Gasteiger partial charge in [-0.05, 0) is 0 Å². The summed E-state index contributed by atoms with van der Waals surface area (Å²) in [5.74, 6) is 4.42. The Bertz CT molecular complexity index is 6.00. The summed E-state index contributed by atoms with van der Waals surface area (Å²) < 4.78 is 0. The minimum atomic E-state index is 0. The van der Waals surface area contributed by atoms with Crippen LogP contribution in [0.3, 0.4) is 0 Å². The van der Waals surface area contributed by atoms with Crippen molar-refractivity contribution in [3.8, 4) is 0 Å². The van der Waals surface area contributed by atoms with Crippen molar-refractivity contribution in [1.29, 1.82) is 0 Å². The van der Waals surface area contributed by atoms with Crippen molar-refractivity contribution >= 4 is 15.2 Å². The van der Waals surface area contributed by atoms with Crippen LogP contribution in [-0.4, -0.2) is 15.2 Å². The van der Waals surface area contributed by atoms with Gasteiger partial charge in [-0.25, -0.2) is 0 Å². The van der Waals surface area contributed by atoms with Gasteiger partial charge in [-0.3, -0.25) is 0 Å². The molecule has 0 spiro atoms. The Morgan fingerprint density at radius 3 is 1.25 bits per heavy atom. The second-order valence-electron chi connectivity index (χ2n) is 0.577. The van der Waals surface area contributed by atoms with E-state index in [4.69, 9.17) is 0 Å². The largest absolute Gasteiger partial charge is 0.191 e. The van der Waals surface area contributed by atoms with E-state index in [9.17, 15) is 0 Å². The molecule has 2 heteroatoms. The standard InChI is InChI=1S/2CH3.Al.N/h2*1H3;;. The van der Waals surface area contributed by atoms with Crippen molar-refractivity contribution in [2.24, 2.45) is 0 Å². The second-order valence-corrected chi connectivity index (χ2v) is 1.73. The van der Waals surface area contributed by atoms with Crippen molar-refractivity contribution in [2.75, 3.05) is 0 Å². The molecule has 0 unspecified atom stereocenters. The Kier molecular flexibility index (Phi) is 21.5. The molecule has 0 heterocycles. The maximum absolute atomic E-state index is 2.21. The zero-order chi connectivity index (χ0) is 2.71. The Morgan fingerprint density at radius 2 is 1.25 bits per heavy atom. The highest BCUT2D eigenvalue weighted by Gasteiger charge is 1.46. The molecular formula is C2H6AlN. The van der Waals surface area contributed by atoms with Crippen molar-refractivity contribution < 1.29 is 0 Å². The zero-order valence-electron chi connectivity index (χ0n) is 3.02. The molecule has 0 aliphatic heterocycles. The third-order valence-corrected chi connectivity index (χ3v) is 0. The molecule has 0 aromatic carbocycles. The van der Waals surface area contributed by atoms with Crippen LogP contribution in [0.4, 0.5) is 0 Å². The number of nitrogens with zero attached hydrogens (tertiary/aromatic N) is 1. The van der Waals surface area contributed by atoms with E-state index in [-0.39, 0.29) is 6.15 Å². The first-order valence-corrected chi connectivity index (χ1v) is 3.46. The molecule has 0 aromatic heterocycles. The van der Waals surface area contributed by atoms with Crippen LogP contribution in [0.5, 0.6) is 0 Å². The van der Waals surface area contributed by atoms with Crippen LogP contribution >= 0.6 is 0 Å². The van der Waals surface area contributed by atoms with Crippen molar-refractivity contribution in [3.63, 3.8) is 0 Å². The van der Waals surface area contributed by atoms with Crippen LogP contribution in [0, 0.1) is 0 Å². The summed E-state index contributed by atoms with van der Waals surface area (Å²) in [4.78, 5) is 0. The average Bonchev–Trinajstić information content (AvgIpc) is 0.918. The first-order chi connectivity index (χ1) is 1.41. The SMILES string of the molecule is [CH3][Al][CH3].[N]. The number of hydrogen-bond acceptors (Lipinski definition) is 0. The van der Waals surface area contributed by atoms with Crippen LogP contribution in [0.15, 0.2) is 0 Å². The molecule has 0 aromatic rings. The van der Waals surface area contributed by atoms with Gasteiger partial charge in [-0.2, -0.15) is 0 Å². The highest BCUT2D eigenvalue weighted by molar-refractivity contribution is 6.31. The van der Waals surface area contributed by atoms with E-state index in [1.165, 1.54) is 0 Å². The Hall–Kier alpha value is 0.492. The summed E-state index contributed by atoms with van der Waals surface area (Å²) in [6.07, 6.45) is 0. The smallest absolute Gasteiger partial charge is 0.115 e. The summed E-state index contributed by atoms with van der Waals surface area (Å²) in [6, 6.07) is 0. The van der Waals surface area contributed by atoms with Gasteiger partial charge in [0, 0.05) is 6.15 Å². The number of rotatable bonds is 0. The third kappa shape index (κ3) is 22.9. The lowest BCUT2D eigenvalue weighted by molar-refractivity contribution is 2.13. The molecule has 4 radical (unpaired) electrons. The Labute approximate surface area is 33.7 Å². The lowest BCUT2D eigenvalue weighted by Gasteiger charge is -1.38. The molecular weight excluding hydrogens is 65.0 g/mol. The molecule has 0 aliphatic rings. The predicted molar refractivity (Wildman–Crippen MR) is 19.6 cm³/mol. The van der Waals surface area contributed by atoms with Gasteiger partial charge in [0.05, 0.1) is 0 Å². The van der Waals surface area contributed by atoms with E-state index in [1.54, 1.807) is 0 Å². The third-order valence-electron chi connectivity index (χ3n) is 0. The molecule has 0 saturated carbocycles. The van der Waals surface area contributed by atoms with E-state index in [1.807, 2.05) is 0 Å². The Morgan fingerprint density at radius 1 is 1.25 bits per heavy atom. The predicted octanol–water partition coefficient (Wildman–Crippen LogP) is 0.306. The highest BCUT2D eigenvalue weighted by atomic mass is 27.1. The quantitative estimate of drug-likeness (QED) is 0.368. The molecule has 0 N–H and O–H groups in total. The zero-order valence-corrected chi connectivity index (χ0v) is 4.18. The molecule has 0 fully saturated rings. The Balaban J connectivity index is 0. The van der Waals surface area contributed by atoms with E-state index in [0.29, 0.717) is 0 Å². The van der Waals surface area contributed by atoms with Gasteiger partial charge in [0.1, 0.15) is 0 Å². The van der Waals surface area contributed by atoms with E-state index < -0.39 is 0 Å². The molecule has 0 saturated heterocycles. The van der Waals surface area contributed by atoms with Gasteiger partial charge in [0.15, 0.2) is 15.2 Å². The summed E-state index contributed by atoms with van der Waals surface area (Å²) >= 11 is 0.750. The molecule has 22 valence electrons.